The van der Waals surface area contributed by atoms with Crippen molar-refractivity contribution >= 4 is 30.1 Å². The van der Waals surface area contributed by atoms with E-state index in [-0.39, 0.29) is 24.4 Å². The maximum Gasteiger partial charge on any atom is 0.238 e. The van der Waals surface area contributed by atoms with Gasteiger partial charge in [-0.3, -0.25) is 10.1 Å². The number of carbonyl (C=O) groups excluding carboxylic acids is 1. The number of nitrogens with one attached hydrogen (secondary N) is 2. The van der Waals surface area contributed by atoms with E-state index in [0.717, 1.165) is 31.1 Å². The molecular weight excluding hydrogens is 308 g/mol. The SMILES string of the molecule is Cl.O=C(NCCCOCCc1ccccc1)C1CSCN1. The van der Waals surface area contributed by atoms with Crippen molar-refractivity contribution in [3.05, 3.63) is 35.9 Å². The molecule has 1 aliphatic rings. The van der Waals surface area contributed by atoms with Gasteiger partial charge in [-0.2, -0.15) is 0 Å². The molecule has 2 N–H and O–H groups in total. The Morgan fingerprint density at radius 1 is 1.33 bits per heavy atom. The maximum absolute atomic E-state index is 11.7. The van der Waals surface area contributed by atoms with E-state index in [0.29, 0.717) is 13.2 Å². The van der Waals surface area contributed by atoms with E-state index in [1.54, 1.807) is 11.8 Å². The Morgan fingerprint density at radius 3 is 2.86 bits per heavy atom. The van der Waals surface area contributed by atoms with Gasteiger partial charge < -0.3 is 10.1 Å². The summed E-state index contributed by atoms with van der Waals surface area (Å²) < 4.78 is 5.57. The molecule has 1 aliphatic heterocycles. The number of thioether (sulfide) groups is 1. The summed E-state index contributed by atoms with van der Waals surface area (Å²) in [6.45, 7) is 2.12. The molecule has 0 saturated carbocycles. The first-order valence-corrected chi connectivity index (χ1v) is 8.22. The summed E-state index contributed by atoms with van der Waals surface area (Å²) in [5, 5.41) is 6.09. The third kappa shape index (κ3) is 7.18. The second-order valence-electron chi connectivity index (χ2n) is 4.76. The average molecular weight is 331 g/mol. The van der Waals surface area contributed by atoms with E-state index >= 15 is 0 Å². The van der Waals surface area contributed by atoms with E-state index in [4.69, 9.17) is 4.74 Å². The van der Waals surface area contributed by atoms with Crippen LogP contribution in [0.3, 0.4) is 0 Å². The first-order valence-electron chi connectivity index (χ1n) is 7.07. The average Bonchev–Trinajstić information content (AvgIpc) is 3.01. The minimum Gasteiger partial charge on any atom is -0.381 e. The van der Waals surface area contributed by atoms with E-state index in [2.05, 4.69) is 22.8 Å². The highest BCUT2D eigenvalue weighted by Crippen LogP contribution is 2.09. The number of amides is 1. The summed E-state index contributed by atoms with van der Waals surface area (Å²) in [7, 11) is 0. The third-order valence-electron chi connectivity index (χ3n) is 3.18. The lowest BCUT2D eigenvalue weighted by Crippen LogP contribution is -2.42. The summed E-state index contributed by atoms with van der Waals surface area (Å²) in [5.74, 6) is 1.86. The predicted molar refractivity (Wildman–Crippen MR) is 90.1 cm³/mol. The van der Waals surface area contributed by atoms with Gasteiger partial charge in [0.05, 0.1) is 12.6 Å². The van der Waals surface area contributed by atoms with Gasteiger partial charge in [-0.25, -0.2) is 0 Å². The van der Waals surface area contributed by atoms with Gasteiger partial charge in [-0.05, 0) is 18.4 Å². The number of rotatable bonds is 8. The molecule has 0 bridgehead atoms. The normalized spacial score (nSPS) is 17.2. The molecule has 4 nitrogen and oxygen atoms in total. The van der Waals surface area contributed by atoms with Crippen molar-refractivity contribution in [1.29, 1.82) is 0 Å². The maximum atomic E-state index is 11.7. The van der Waals surface area contributed by atoms with Gasteiger partial charge in [0.2, 0.25) is 5.91 Å². The molecule has 1 aromatic rings. The minimum atomic E-state index is -0.0148. The Kier molecular flexibility index (Phi) is 9.50. The summed E-state index contributed by atoms with van der Waals surface area (Å²) in [5.41, 5.74) is 1.30. The van der Waals surface area contributed by atoms with Gasteiger partial charge in [-0.15, -0.1) is 24.2 Å². The van der Waals surface area contributed by atoms with Crippen molar-refractivity contribution in [3.63, 3.8) is 0 Å². The highest BCUT2D eigenvalue weighted by molar-refractivity contribution is 7.99. The molecule has 21 heavy (non-hydrogen) atoms. The zero-order chi connectivity index (χ0) is 14.0. The summed E-state index contributed by atoms with van der Waals surface area (Å²) in [6.07, 6.45) is 1.80. The van der Waals surface area contributed by atoms with Crippen molar-refractivity contribution in [3.8, 4) is 0 Å². The van der Waals surface area contributed by atoms with Crippen LogP contribution in [0.25, 0.3) is 0 Å². The Morgan fingerprint density at radius 2 is 2.14 bits per heavy atom. The highest BCUT2D eigenvalue weighted by atomic mass is 35.5. The summed E-state index contributed by atoms with van der Waals surface area (Å²) in [6, 6.07) is 10.3. The van der Waals surface area contributed by atoms with Gasteiger partial charge in [-0.1, -0.05) is 30.3 Å². The topological polar surface area (TPSA) is 50.4 Å². The van der Waals surface area contributed by atoms with Gasteiger partial charge in [0, 0.05) is 24.8 Å². The van der Waals surface area contributed by atoms with Crippen LogP contribution in [-0.2, 0) is 16.0 Å². The van der Waals surface area contributed by atoms with Crippen molar-refractivity contribution in [1.82, 2.24) is 10.6 Å². The Labute approximate surface area is 136 Å². The van der Waals surface area contributed by atoms with Gasteiger partial charge in [0.15, 0.2) is 0 Å². The lowest BCUT2D eigenvalue weighted by atomic mass is 10.2. The number of hydrogen-bond acceptors (Lipinski definition) is 4. The molecule has 0 spiro atoms. The van der Waals surface area contributed by atoms with Crippen molar-refractivity contribution < 1.29 is 9.53 Å². The molecule has 6 heteroatoms. The van der Waals surface area contributed by atoms with Crippen molar-refractivity contribution in [2.24, 2.45) is 0 Å². The molecule has 1 heterocycles. The number of halogens is 1. The molecule has 0 aromatic heterocycles. The van der Waals surface area contributed by atoms with Gasteiger partial charge in [0.25, 0.3) is 0 Å². The first kappa shape index (κ1) is 18.3. The summed E-state index contributed by atoms with van der Waals surface area (Å²) in [4.78, 5) is 11.7. The molecule has 1 atom stereocenters. The lowest BCUT2D eigenvalue weighted by molar-refractivity contribution is -0.122. The van der Waals surface area contributed by atoms with Crippen LogP contribution in [0.15, 0.2) is 30.3 Å². The van der Waals surface area contributed by atoms with Gasteiger partial charge in [0.1, 0.15) is 0 Å². The van der Waals surface area contributed by atoms with E-state index in [1.165, 1.54) is 5.56 Å². The molecule has 0 aliphatic carbocycles. The molecule has 1 saturated heterocycles. The van der Waals surface area contributed by atoms with Crippen LogP contribution in [0.2, 0.25) is 0 Å². The zero-order valence-corrected chi connectivity index (χ0v) is 13.7. The van der Waals surface area contributed by atoms with Crippen molar-refractivity contribution in [2.45, 2.75) is 18.9 Å². The fraction of sp³-hybridized carbons (Fsp3) is 0.533. The van der Waals surface area contributed by atoms with Crippen LogP contribution >= 0.6 is 24.2 Å². The quantitative estimate of drug-likeness (QED) is 0.714. The lowest BCUT2D eigenvalue weighted by Gasteiger charge is -2.10. The predicted octanol–water partition coefficient (Wildman–Crippen LogP) is 1.84. The van der Waals surface area contributed by atoms with Gasteiger partial charge >= 0.3 is 0 Å². The number of hydrogen-bond donors (Lipinski definition) is 2. The molecule has 1 fully saturated rings. The van der Waals surface area contributed by atoms with Crippen LogP contribution in [0.5, 0.6) is 0 Å². The monoisotopic (exact) mass is 330 g/mol. The van der Waals surface area contributed by atoms with E-state index < -0.39 is 0 Å². The highest BCUT2D eigenvalue weighted by Gasteiger charge is 2.21. The second-order valence-corrected chi connectivity index (χ2v) is 5.79. The fourth-order valence-corrected chi connectivity index (χ4v) is 2.95. The molecule has 0 radical (unpaired) electrons. The third-order valence-corrected chi connectivity index (χ3v) is 4.12. The zero-order valence-electron chi connectivity index (χ0n) is 12.0. The standard InChI is InChI=1S/C15H22N2O2S.ClH/c18-15(14-11-20-12-17-14)16-8-4-9-19-10-7-13-5-2-1-3-6-13;/h1-3,5-6,14,17H,4,7-12H2,(H,16,18);1H. The first-order chi connectivity index (χ1) is 9.86. The largest absolute Gasteiger partial charge is 0.381 e. The van der Waals surface area contributed by atoms with Crippen LogP contribution in [0, 0.1) is 0 Å². The Balaban J connectivity index is 0.00000220. The van der Waals surface area contributed by atoms with Crippen LogP contribution in [0.4, 0.5) is 0 Å². The summed E-state index contributed by atoms with van der Waals surface area (Å²) >= 11 is 1.76. The second kappa shape index (κ2) is 10.9. The molecule has 118 valence electrons. The Hall–Kier alpha value is -0.750. The van der Waals surface area contributed by atoms with E-state index in [1.807, 2.05) is 18.2 Å². The number of carbonyl (C=O) groups is 1. The van der Waals surface area contributed by atoms with Crippen LogP contribution in [0.1, 0.15) is 12.0 Å². The molecule has 1 unspecified atom stereocenters. The van der Waals surface area contributed by atoms with Crippen LogP contribution < -0.4 is 10.6 Å². The molecule has 1 amide bonds. The minimum absolute atomic E-state index is 0. The number of ether oxygens (including phenoxy) is 1. The fourth-order valence-electron chi connectivity index (χ4n) is 2.01. The van der Waals surface area contributed by atoms with Crippen LogP contribution in [-0.4, -0.2) is 43.3 Å². The smallest absolute Gasteiger partial charge is 0.238 e. The van der Waals surface area contributed by atoms with Crippen molar-refractivity contribution in [2.75, 3.05) is 31.4 Å². The Bertz CT molecular complexity index is 400. The number of benzene rings is 1. The molecule has 2 rings (SSSR count). The molecular formula is C15H23ClN2O2S. The van der Waals surface area contributed by atoms with E-state index in [9.17, 15) is 4.79 Å². The molecule has 1 aromatic carbocycles.